The van der Waals surface area contributed by atoms with Gasteiger partial charge in [-0.3, -0.25) is 14.4 Å². The first-order valence-corrected chi connectivity index (χ1v) is 8.31. The number of carbonyl (C=O) groups is 3. The lowest BCUT2D eigenvalue weighted by molar-refractivity contribution is -0.138. The Morgan fingerprint density at radius 1 is 1.44 bits per heavy atom. The summed E-state index contributed by atoms with van der Waals surface area (Å²) in [5.41, 5.74) is 0. The molecular weight excluding hydrogens is 331 g/mol. The number of hydrogen-bond donors (Lipinski definition) is 1. The predicted octanol–water partition coefficient (Wildman–Crippen LogP) is 0.941. The molecule has 4 atom stereocenters. The van der Waals surface area contributed by atoms with Crippen molar-refractivity contribution in [1.29, 1.82) is 0 Å². The molecule has 0 spiro atoms. The van der Waals surface area contributed by atoms with Crippen molar-refractivity contribution >= 4 is 17.6 Å². The summed E-state index contributed by atoms with van der Waals surface area (Å²) in [5.74, 6) is -1.10. The second-order valence-corrected chi connectivity index (χ2v) is 6.83. The van der Waals surface area contributed by atoms with E-state index in [1.54, 1.807) is 6.07 Å². The molecular formula is C17H21FN2O5. The van der Waals surface area contributed by atoms with Crippen LogP contribution in [0.1, 0.15) is 30.8 Å². The summed E-state index contributed by atoms with van der Waals surface area (Å²) in [6.07, 6.45) is -0.579. The van der Waals surface area contributed by atoms with Crippen LogP contribution in [0.15, 0.2) is 22.8 Å². The van der Waals surface area contributed by atoms with Crippen molar-refractivity contribution in [2.24, 2.45) is 5.92 Å². The van der Waals surface area contributed by atoms with Gasteiger partial charge in [-0.25, -0.2) is 4.39 Å². The highest BCUT2D eigenvalue weighted by molar-refractivity contribution is 5.98. The molecule has 25 heavy (non-hydrogen) atoms. The van der Waals surface area contributed by atoms with Gasteiger partial charge in [-0.1, -0.05) is 13.8 Å². The first-order chi connectivity index (χ1) is 11.9. The Kier molecular flexibility index (Phi) is 4.89. The number of carbonyl (C=O) groups excluding carboxylic acids is 3. The summed E-state index contributed by atoms with van der Waals surface area (Å²) < 4.78 is 24.3. The van der Waals surface area contributed by atoms with Gasteiger partial charge in [0.1, 0.15) is 31.0 Å². The van der Waals surface area contributed by atoms with Crippen LogP contribution in [0.4, 0.5) is 4.39 Å². The third-order valence-corrected chi connectivity index (χ3v) is 4.46. The summed E-state index contributed by atoms with van der Waals surface area (Å²) in [6, 6.07) is 1.29. The van der Waals surface area contributed by atoms with Gasteiger partial charge in [-0.05, 0) is 24.5 Å². The monoisotopic (exact) mass is 352 g/mol. The highest BCUT2D eigenvalue weighted by Crippen LogP contribution is 2.30. The Morgan fingerprint density at radius 2 is 2.20 bits per heavy atom. The Bertz CT molecular complexity index is 660. The maximum atomic E-state index is 14.1. The smallest absolute Gasteiger partial charge is 0.287 e. The van der Waals surface area contributed by atoms with E-state index in [-0.39, 0.29) is 30.6 Å². The van der Waals surface area contributed by atoms with E-state index >= 15 is 0 Å². The van der Waals surface area contributed by atoms with E-state index in [1.807, 2.05) is 13.8 Å². The molecule has 1 aromatic heterocycles. The first-order valence-electron chi connectivity index (χ1n) is 8.31. The summed E-state index contributed by atoms with van der Waals surface area (Å²) in [4.78, 5) is 38.3. The number of amides is 2. The molecule has 2 saturated heterocycles. The van der Waals surface area contributed by atoms with Gasteiger partial charge in [0.25, 0.3) is 5.91 Å². The minimum atomic E-state index is -1.40. The molecule has 0 aliphatic carbocycles. The lowest BCUT2D eigenvalue weighted by Crippen LogP contribution is -2.52. The van der Waals surface area contributed by atoms with Crippen molar-refractivity contribution in [3.8, 4) is 0 Å². The summed E-state index contributed by atoms with van der Waals surface area (Å²) >= 11 is 0. The van der Waals surface area contributed by atoms with Crippen molar-refractivity contribution in [2.45, 2.75) is 44.6 Å². The molecule has 8 heteroatoms. The number of furan rings is 1. The summed E-state index contributed by atoms with van der Waals surface area (Å²) in [7, 11) is 0. The molecule has 2 aliphatic heterocycles. The molecule has 2 fully saturated rings. The van der Waals surface area contributed by atoms with Gasteiger partial charge < -0.3 is 19.4 Å². The standard InChI is InChI=1S/C17H21FN2O5/c1-9(2)6-11(19-16(22)13-4-3-5-24-13)17(23)20-7-10(18)15-14(20)12(21)8-25-15/h3-5,9-11,14-15H,6-8H2,1-2H3,(H,19,22)/t10-,11-,14+,15+/m0/s1. The number of likely N-dealkylation sites (tertiary alicyclic amines) is 1. The summed E-state index contributed by atoms with van der Waals surface area (Å²) in [5, 5.41) is 2.64. The minimum Gasteiger partial charge on any atom is -0.459 e. The van der Waals surface area contributed by atoms with E-state index in [9.17, 15) is 18.8 Å². The van der Waals surface area contributed by atoms with E-state index in [4.69, 9.17) is 9.15 Å². The van der Waals surface area contributed by atoms with Gasteiger partial charge in [0.15, 0.2) is 11.5 Å². The van der Waals surface area contributed by atoms with Crippen LogP contribution in [0.5, 0.6) is 0 Å². The van der Waals surface area contributed by atoms with Crippen molar-refractivity contribution in [1.82, 2.24) is 10.2 Å². The molecule has 1 aromatic rings. The molecule has 3 heterocycles. The van der Waals surface area contributed by atoms with Crippen molar-refractivity contribution < 1.29 is 27.9 Å². The number of nitrogens with one attached hydrogen (secondary N) is 1. The van der Waals surface area contributed by atoms with Crippen LogP contribution in [0, 0.1) is 5.92 Å². The summed E-state index contributed by atoms with van der Waals surface area (Å²) in [6.45, 7) is 3.43. The third kappa shape index (κ3) is 3.44. The zero-order chi connectivity index (χ0) is 18.1. The molecule has 2 aliphatic rings. The minimum absolute atomic E-state index is 0.0875. The Morgan fingerprint density at radius 3 is 2.84 bits per heavy atom. The fourth-order valence-electron chi connectivity index (χ4n) is 3.35. The van der Waals surface area contributed by atoms with Crippen LogP contribution in [-0.2, 0) is 14.3 Å². The fraction of sp³-hybridized carbons (Fsp3) is 0.588. The molecule has 1 N–H and O–H groups in total. The number of rotatable bonds is 5. The van der Waals surface area contributed by atoms with Crippen LogP contribution < -0.4 is 5.32 Å². The third-order valence-electron chi connectivity index (χ3n) is 4.46. The van der Waals surface area contributed by atoms with E-state index < -0.39 is 36.2 Å². The van der Waals surface area contributed by atoms with Crippen LogP contribution in [0.3, 0.4) is 0 Å². The highest BCUT2D eigenvalue weighted by atomic mass is 19.1. The number of nitrogens with zero attached hydrogens (tertiary/aromatic N) is 1. The molecule has 0 bridgehead atoms. The average Bonchev–Trinajstić information content (AvgIpc) is 3.26. The molecule has 0 saturated carbocycles. The van der Waals surface area contributed by atoms with Gasteiger partial charge in [0, 0.05) is 0 Å². The van der Waals surface area contributed by atoms with Crippen LogP contribution in [0.25, 0.3) is 0 Å². The van der Waals surface area contributed by atoms with Crippen LogP contribution >= 0.6 is 0 Å². The zero-order valence-electron chi connectivity index (χ0n) is 14.1. The highest BCUT2D eigenvalue weighted by Gasteiger charge is 2.53. The normalized spacial score (nSPS) is 26.8. The average molecular weight is 352 g/mol. The van der Waals surface area contributed by atoms with E-state index in [0.717, 1.165) is 0 Å². The van der Waals surface area contributed by atoms with Crippen LogP contribution in [0.2, 0.25) is 0 Å². The fourth-order valence-corrected chi connectivity index (χ4v) is 3.35. The number of halogens is 1. The maximum absolute atomic E-state index is 14.1. The SMILES string of the molecule is CC(C)C[C@H](NC(=O)c1ccco1)C(=O)N1C[C@H](F)[C@H]2OCC(=O)[C@H]21. The first kappa shape index (κ1) is 17.6. The number of alkyl halides is 1. The molecule has 0 unspecified atom stereocenters. The van der Waals surface area contributed by atoms with Crippen molar-refractivity contribution in [2.75, 3.05) is 13.2 Å². The Balaban J connectivity index is 1.77. The number of ketones is 1. The van der Waals surface area contributed by atoms with E-state index in [0.29, 0.717) is 6.42 Å². The van der Waals surface area contributed by atoms with Crippen molar-refractivity contribution in [3.05, 3.63) is 24.2 Å². The second-order valence-electron chi connectivity index (χ2n) is 6.83. The number of Topliss-reactive ketones (excluding diaryl/α,β-unsaturated/α-hetero) is 1. The molecule has 7 nitrogen and oxygen atoms in total. The molecule has 2 amide bonds. The Labute approximate surface area is 144 Å². The van der Waals surface area contributed by atoms with Gasteiger partial charge in [-0.2, -0.15) is 0 Å². The molecule has 3 rings (SSSR count). The van der Waals surface area contributed by atoms with Gasteiger partial charge >= 0.3 is 0 Å². The number of hydrogen-bond acceptors (Lipinski definition) is 5. The molecule has 0 radical (unpaired) electrons. The lowest BCUT2D eigenvalue weighted by Gasteiger charge is -2.28. The lowest BCUT2D eigenvalue weighted by atomic mass is 10.0. The van der Waals surface area contributed by atoms with E-state index in [1.165, 1.54) is 17.2 Å². The number of fused-ring (bicyclic) bond motifs is 1. The topological polar surface area (TPSA) is 88.8 Å². The van der Waals surface area contributed by atoms with Gasteiger partial charge in [0.05, 0.1) is 12.8 Å². The second kappa shape index (κ2) is 6.95. The molecule has 136 valence electrons. The molecule has 0 aromatic carbocycles. The predicted molar refractivity (Wildman–Crippen MR) is 84.6 cm³/mol. The zero-order valence-corrected chi connectivity index (χ0v) is 14.1. The largest absolute Gasteiger partial charge is 0.459 e. The van der Waals surface area contributed by atoms with E-state index in [2.05, 4.69) is 5.32 Å². The maximum Gasteiger partial charge on any atom is 0.287 e. The van der Waals surface area contributed by atoms with Gasteiger partial charge in [0.2, 0.25) is 5.91 Å². The van der Waals surface area contributed by atoms with Gasteiger partial charge in [-0.15, -0.1) is 0 Å². The van der Waals surface area contributed by atoms with Crippen molar-refractivity contribution in [3.63, 3.8) is 0 Å². The quantitative estimate of drug-likeness (QED) is 0.852. The Hall–Kier alpha value is -2.22. The van der Waals surface area contributed by atoms with Crippen LogP contribution in [-0.4, -0.2) is 60.0 Å². The number of ether oxygens (including phenoxy) is 1.